The average Bonchev–Trinajstić information content (AvgIpc) is 2.55. The van der Waals surface area contributed by atoms with E-state index in [1.165, 1.54) is 10.9 Å². The predicted octanol–water partition coefficient (Wildman–Crippen LogP) is 3.41. The second-order valence-corrected chi connectivity index (χ2v) is 4.19. The van der Waals surface area contributed by atoms with Gasteiger partial charge in [-0.3, -0.25) is 0 Å². The number of para-hydroxylation sites is 1. The fourth-order valence-corrected chi connectivity index (χ4v) is 1.84. The molecule has 1 aromatic heterocycles. The Labute approximate surface area is 96.0 Å². The smallest absolute Gasteiger partial charge is 0.134 e. The summed E-state index contributed by atoms with van der Waals surface area (Å²) >= 11 is 0. The number of hydrogen-bond acceptors (Lipinski definition) is 2. The van der Waals surface area contributed by atoms with E-state index in [0.717, 1.165) is 30.0 Å². The first-order valence-electron chi connectivity index (χ1n) is 5.50. The largest absolute Gasteiger partial charge is 0.461 e. The lowest BCUT2D eigenvalue weighted by molar-refractivity contribution is 0.567. The molecule has 1 N–H and O–H groups in total. The van der Waals surface area contributed by atoms with Crippen LogP contribution in [0.3, 0.4) is 0 Å². The van der Waals surface area contributed by atoms with E-state index >= 15 is 0 Å². The number of aryl methyl sites for hydroxylation is 1. The van der Waals surface area contributed by atoms with Crippen molar-refractivity contribution in [3.8, 4) is 0 Å². The Kier molecular flexibility index (Phi) is 3.11. The van der Waals surface area contributed by atoms with Gasteiger partial charge in [-0.25, -0.2) is 0 Å². The molecule has 0 fully saturated rings. The minimum Gasteiger partial charge on any atom is -0.461 e. The van der Waals surface area contributed by atoms with Gasteiger partial charge in [-0.1, -0.05) is 30.4 Å². The third kappa shape index (κ3) is 2.17. The summed E-state index contributed by atoms with van der Waals surface area (Å²) in [6.45, 7) is 9.58. The Morgan fingerprint density at radius 3 is 2.88 bits per heavy atom. The zero-order valence-electron chi connectivity index (χ0n) is 9.84. The van der Waals surface area contributed by atoms with E-state index in [0.29, 0.717) is 0 Å². The molecule has 0 saturated carbocycles. The molecule has 1 heterocycles. The Morgan fingerprint density at radius 2 is 2.12 bits per heavy atom. The Balaban J connectivity index is 2.22. The maximum atomic E-state index is 5.69. The van der Waals surface area contributed by atoms with Gasteiger partial charge in [0.1, 0.15) is 11.3 Å². The number of hydrogen-bond donors (Lipinski definition) is 1. The number of nitrogens with one attached hydrogen (secondary N) is 1. The summed E-state index contributed by atoms with van der Waals surface area (Å²) in [5.74, 6) is 0.996. The van der Waals surface area contributed by atoms with Crippen molar-refractivity contribution in [1.82, 2.24) is 5.32 Å². The number of furan rings is 1. The molecule has 0 unspecified atom stereocenters. The molecule has 0 aliphatic heterocycles. The van der Waals surface area contributed by atoms with Crippen molar-refractivity contribution < 1.29 is 4.42 Å². The lowest BCUT2D eigenvalue weighted by Gasteiger charge is -2.03. The van der Waals surface area contributed by atoms with Crippen LogP contribution in [0.5, 0.6) is 0 Å². The zero-order chi connectivity index (χ0) is 11.5. The molecule has 0 aliphatic carbocycles. The highest BCUT2D eigenvalue weighted by molar-refractivity contribution is 5.82. The third-order valence-electron chi connectivity index (χ3n) is 2.63. The number of rotatable bonds is 4. The molecule has 0 aliphatic rings. The first-order chi connectivity index (χ1) is 7.68. The topological polar surface area (TPSA) is 25.2 Å². The molecule has 0 amide bonds. The molecule has 0 atom stereocenters. The van der Waals surface area contributed by atoms with Crippen molar-refractivity contribution in [1.29, 1.82) is 0 Å². The minimum absolute atomic E-state index is 0.829. The second kappa shape index (κ2) is 4.54. The van der Waals surface area contributed by atoms with Gasteiger partial charge in [0.2, 0.25) is 0 Å². The summed E-state index contributed by atoms with van der Waals surface area (Å²) in [4.78, 5) is 0. The lowest BCUT2D eigenvalue weighted by Crippen LogP contribution is -2.15. The van der Waals surface area contributed by atoms with E-state index in [1.807, 2.05) is 32.0 Å². The Bertz CT molecular complexity index is 510. The van der Waals surface area contributed by atoms with Gasteiger partial charge in [0.25, 0.3) is 0 Å². The van der Waals surface area contributed by atoms with Gasteiger partial charge < -0.3 is 9.73 Å². The van der Waals surface area contributed by atoms with Crippen molar-refractivity contribution in [2.75, 3.05) is 6.54 Å². The molecule has 2 heteroatoms. The summed E-state index contributed by atoms with van der Waals surface area (Å²) < 4.78 is 5.69. The van der Waals surface area contributed by atoms with Crippen molar-refractivity contribution >= 4 is 11.0 Å². The fraction of sp³-hybridized carbons (Fsp3) is 0.286. The Morgan fingerprint density at radius 1 is 1.38 bits per heavy atom. The van der Waals surface area contributed by atoms with Crippen LogP contribution in [0, 0.1) is 6.92 Å². The van der Waals surface area contributed by atoms with Crippen LogP contribution in [0.15, 0.2) is 40.8 Å². The van der Waals surface area contributed by atoms with Gasteiger partial charge in [0.05, 0.1) is 0 Å². The maximum absolute atomic E-state index is 5.69. The normalized spacial score (nSPS) is 10.9. The molecule has 0 spiro atoms. The second-order valence-electron chi connectivity index (χ2n) is 4.19. The molecule has 2 nitrogen and oxygen atoms in total. The SMILES string of the molecule is C=C(C)CNCc1c(C)oc2ccccc12. The summed E-state index contributed by atoms with van der Waals surface area (Å²) in [5, 5.41) is 4.56. The van der Waals surface area contributed by atoms with Crippen LogP contribution in [0.2, 0.25) is 0 Å². The van der Waals surface area contributed by atoms with Gasteiger partial charge in [0, 0.05) is 24.0 Å². The molecule has 0 saturated heterocycles. The minimum atomic E-state index is 0.829. The highest BCUT2D eigenvalue weighted by Gasteiger charge is 2.09. The van der Waals surface area contributed by atoms with Gasteiger partial charge in [0.15, 0.2) is 0 Å². The molecule has 2 aromatic rings. The number of benzene rings is 1. The molecular weight excluding hydrogens is 198 g/mol. The van der Waals surface area contributed by atoms with Crippen LogP contribution in [-0.4, -0.2) is 6.54 Å². The lowest BCUT2D eigenvalue weighted by atomic mass is 10.1. The van der Waals surface area contributed by atoms with E-state index in [2.05, 4.69) is 18.0 Å². The summed E-state index contributed by atoms with van der Waals surface area (Å²) in [7, 11) is 0. The first kappa shape index (κ1) is 11.0. The van der Waals surface area contributed by atoms with Crippen LogP contribution in [-0.2, 0) is 6.54 Å². The van der Waals surface area contributed by atoms with E-state index in [9.17, 15) is 0 Å². The fourth-order valence-electron chi connectivity index (χ4n) is 1.84. The van der Waals surface area contributed by atoms with Crippen LogP contribution >= 0.6 is 0 Å². The number of fused-ring (bicyclic) bond motifs is 1. The van der Waals surface area contributed by atoms with Crippen LogP contribution in [0.1, 0.15) is 18.2 Å². The van der Waals surface area contributed by atoms with E-state index < -0.39 is 0 Å². The summed E-state index contributed by atoms with van der Waals surface area (Å²) in [6.07, 6.45) is 0. The highest BCUT2D eigenvalue weighted by atomic mass is 16.3. The standard InChI is InChI=1S/C14H17NO/c1-10(2)8-15-9-13-11(3)16-14-7-5-4-6-12(13)14/h4-7,15H,1,8-9H2,2-3H3. The van der Waals surface area contributed by atoms with E-state index in [-0.39, 0.29) is 0 Å². The van der Waals surface area contributed by atoms with Gasteiger partial charge >= 0.3 is 0 Å². The zero-order valence-corrected chi connectivity index (χ0v) is 9.84. The van der Waals surface area contributed by atoms with Gasteiger partial charge in [-0.2, -0.15) is 0 Å². The molecule has 0 bridgehead atoms. The third-order valence-corrected chi connectivity index (χ3v) is 2.63. The van der Waals surface area contributed by atoms with Crippen LogP contribution < -0.4 is 5.32 Å². The van der Waals surface area contributed by atoms with E-state index in [4.69, 9.17) is 4.42 Å². The average molecular weight is 215 g/mol. The van der Waals surface area contributed by atoms with Crippen molar-refractivity contribution in [3.05, 3.63) is 47.7 Å². The van der Waals surface area contributed by atoms with Crippen molar-refractivity contribution in [2.45, 2.75) is 20.4 Å². The summed E-state index contributed by atoms with van der Waals surface area (Å²) in [6, 6.07) is 8.14. The van der Waals surface area contributed by atoms with Crippen molar-refractivity contribution in [3.63, 3.8) is 0 Å². The quantitative estimate of drug-likeness (QED) is 0.791. The predicted molar refractivity (Wildman–Crippen MR) is 67.5 cm³/mol. The Hall–Kier alpha value is -1.54. The molecule has 84 valence electrons. The molecule has 16 heavy (non-hydrogen) atoms. The first-order valence-corrected chi connectivity index (χ1v) is 5.50. The highest BCUT2D eigenvalue weighted by Crippen LogP contribution is 2.24. The van der Waals surface area contributed by atoms with E-state index in [1.54, 1.807) is 0 Å². The monoisotopic (exact) mass is 215 g/mol. The molecule has 2 rings (SSSR count). The molecule has 0 radical (unpaired) electrons. The van der Waals surface area contributed by atoms with Gasteiger partial charge in [-0.15, -0.1) is 0 Å². The van der Waals surface area contributed by atoms with Gasteiger partial charge in [-0.05, 0) is 19.9 Å². The van der Waals surface area contributed by atoms with Crippen LogP contribution in [0.25, 0.3) is 11.0 Å². The molecular formula is C14H17NO. The van der Waals surface area contributed by atoms with Crippen molar-refractivity contribution in [2.24, 2.45) is 0 Å². The maximum Gasteiger partial charge on any atom is 0.134 e. The summed E-state index contributed by atoms with van der Waals surface area (Å²) in [5.41, 5.74) is 3.36. The van der Waals surface area contributed by atoms with Crippen LogP contribution in [0.4, 0.5) is 0 Å². The molecule has 1 aromatic carbocycles.